The van der Waals surface area contributed by atoms with E-state index in [4.69, 9.17) is 5.21 Å². The third-order valence-electron chi connectivity index (χ3n) is 1.14. The van der Waals surface area contributed by atoms with Gasteiger partial charge in [-0.2, -0.15) is 0 Å². The van der Waals surface area contributed by atoms with E-state index in [1.165, 1.54) is 0 Å². The fourth-order valence-electron chi connectivity index (χ4n) is 0.606. The Balaban J connectivity index is 3.04. The molecule has 0 radical (unpaired) electrons. The molecule has 0 spiro atoms. The lowest BCUT2D eigenvalue weighted by Gasteiger charge is -1.99. The molecule has 0 saturated carbocycles. The zero-order valence-corrected chi connectivity index (χ0v) is 7.01. The second-order valence-electron chi connectivity index (χ2n) is 1.88. The molecule has 4 heteroatoms. The number of aryl methyl sites for hydroxylation is 1. The van der Waals surface area contributed by atoms with Gasteiger partial charge in [0.25, 0.3) is 0 Å². The summed E-state index contributed by atoms with van der Waals surface area (Å²) in [5.41, 5.74) is 2.81. The zero-order valence-electron chi connectivity index (χ0n) is 5.43. The van der Waals surface area contributed by atoms with E-state index in [9.17, 15) is 0 Å². The van der Waals surface area contributed by atoms with Gasteiger partial charge in [-0.05, 0) is 35.0 Å². The lowest BCUT2D eigenvalue weighted by molar-refractivity contribution is 0.385. The van der Waals surface area contributed by atoms with E-state index >= 15 is 0 Å². The molecule has 0 fully saturated rings. The number of aromatic nitrogens is 1. The normalized spacial score (nSPS) is 9.50. The second kappa shape index (κ2) is 2.98. The van der Waals surface area contributed by atoms with Crippen LogP contribution in [0.4, 0.5) is 5.82 Å². The van der Waals surface area contributed by atoms with Gasteiger partial charge in [0, 0.05) is 4.47 Å². The monoisotopic (exact) mass is 202 g/mol. The highest BCUT2D eigenvalue weighted by Crippen LogP contribution is 2.15. The van der Waals surface area contributed by atoms with Crippen molar-refractivity contribution in [2.75, 3.05) is 5.48 Å². The van der Waals surface area contributed by atoms with Gasteiger partial charge in [-0.1, -0.05) is 0 Å². The van der Waals surface area contributed by atoms with Crippen LogP contribution in [0, 0.1) is 6.92 Å². The largest absolute Gasteiger partial charge is 0.290 e. The summed E-state index contributed by atoms with van der Waals surface area (Å²) in [7, 11) is 0. The van der Waals surface area contributed by atoms with Crippen LogP contribution >= 0.6 is 15.9 Å². The Kier molecular flexibility index (Phi) is 2.24. The first kappa shape index (κ1) is 7.50. The van der Waals surface area contributed by atoms with E-state index in [0.717, 1.165) is 10.2 Å². The fourth-order valence-corrected chi connectivity index (χ4v) is 0.827. The zero-order chi connectivity index (χ0) is 7.56. The van der Waals surface area contributed by atoms with E-state index < -0.39 is 0 Å². The van der Waals surface area contributed by atoms with Gasteiger partial charge in [0.1, 0.15) is 5.82 Å². The van der Waals surface area contributed by atoms with Crippen molar-refractivity contribution < 1.29 is 5.21 Å². The molecule has 0 unspecified atom stereocenters. The number of nitrogens with one attached hydrogen (secondary N) is 1. The first-order chi connectivity index (χ1) is 4.74. The van der Waals surface area contributed by atoms with Gasteiger partial charge in [0.15, 0.2) is 0 Å². The van der Waals surface area contributed by atoms with E-state index in [0.29, 0.717) is 5.82 Å². The Morgan fingerprint density at radius 3 is 2.80 bits per heavy atom. The summed E-state index contributed by atoms with van der Waals surface area (Å²) in [6.45, 7) is 1.85. The maximum atomic E-state index is 8.43. The van der Waals surface area contributed by atoms with E-state index in [1.807, 2.05) is 18.5 Å². The second-order valence-corrected chi connectivity index (χ2v) is 2.73. The first-order valence-electron chi connectivity index (χ1n) is 2.77. The summed E-state index contributed by atoms with van der Waals surface area (Å²) < 4.78 is 0.937. The standard InChI is InChI=1S/C6H7BrN2O/c1-4-5(7)2-3-6(8-4)9-10/h2-3,10H,1H3,(H,8,9). The molecule has 0 aliphatic carbocycles. The number of pyridine rings is 1. The van der Waals surface area contributed by atoms with E-state index in [2.05, 4.69) is 20.9 Å². The molecular formula is C6H7BrN2O. The molecule has 1 aromatic rings. The molecular weight excluding hydrogens is 196 g/mol. The number of hydrogen-bond donors (Lipinski definition) is 2. The van der Waals surface area contributed by atoms with Gasteiger partial charge in [-0.15, -0.1) is 0 Å². The highest BCUT2D eigenvalue weighted by molar-refractivity contribution is 9.10. The Morgan fingerprint density at radius 1 is 1.60 bits per heavy atom. The van der Waals surface area contributed by atoms with Gasteiger partial charge < -0.3 is 0 Å². The highest BCUT2D eigenvalue weighted by atomic mass is 79.9. The average molecular weight is 203 g/mol. The number of nitrogens with zero attached hydrogens (tertiary/aromatic N) is 1. The van der Waals surface area contributed by atoms with Gasteiger partial charge in [-0.25, -0.2) is 4.98 Å². The summed E-state index contributed by atoms with van der Waals surface area (Å²) in [5.74, 6) is 0.459. The Bertz CT molecular complexity index is 239. The van der Waals surface area contributed by atoms with Gasteiger partial charge in [0.2, 0.25) is 0 Å². The lowest BCUT2D eigenvalue weighted by atomic mass is 10.4. The van der Waals surface area contributed by atoms with Crippen molar-refractivity contribution in [1.29, 1.82) is 0 Å². The first-order valence-corrected chi connectivity index (χ1v) is 3.56. The van der Waals surface area contributed by atoms with Crippen LogP contribution in [0.25, 0.3) is 0 Å². The predicted octanol–water partition coefficient (Wildman–Crippen LogP) is 1.95. The number of rotatable bonds is 1. The van der Waals surface area contributed by atoms with Crippen molar-refractivity contribution in [3.8, 4) is 0 Å². The van der Waals surface area contributed by atoms with Crippen molar-refractivity contribution >= 4 is 21.7 Å². The average Bonchev–Trinajstić information content (AvgIpc) is 1.95. The van der Waals surface area contributed by atoms with Crippen LogP contribution in [0.1, 0.15) is 5.69 Å². The van der Waals surface area contributed by atoms with Crippen LogP contribution < -0.4 is 5.48 Å². The van der Waals surface area contributed by atoms with Crippen LogP contribution in [-0.4, -0.2) is 10.2 Å². The fraction of sp³-hybridized carbons (Fsp3) is 0.167. The Labute approximate surface area is 67.2 Å². The number of hydrogen-bond acceptors (Lipinski definition) is 3. The van der Waals surface area contributed by atoms with Crippen LogP contribution in [-0.2, 0) is 0 Å². The molecule has 1 heterocycles. The quantitative estimate of drug-likeness (QED) is 0.685. The van der Waals surface area contributed by atoms with Crippen molar-refractivity contribution in [2.45, 2.75) is 6.92 Å². The molecule has 0 amide bonds. The molecule has 0 aromatic carbocycles. The SMILES string of the molecule is Cc1nc(NO)ccc1Br. The number of halogens is 1. The van der Waals surface area contributed by atoms with Crippen LogP contribution in [0.15, 0.2) is 16.6 Å². The third-order valence-corrected chi connectivity index (χ3v) is 1.97. The molecule has 0 aliphatic heterocycles. The van der Waals surface area contributed by atoms with Gasteiger partial charge in [-0.3, -0.25) is 10.7 Å². The highest BCUT2D eigenvalue weighted by Gasteiger charge is 1.95. The van der Waals surface area contributed by atoms with E-state index in [-0.39, 0.29) is 0 Å². The third kappa shape index (κ3) is 1.46. The molecule has 1 rings (SSSR count). The molecule has 3 nitrogen and oxygen atoms in total. The molecule has 0 atom stereocenters. The van der Waals surface area contributed by atoms with Crippen LogP contribution in [0.3, 0.4) is 0 Å². The number of anilines is 1. The summed E-state index contributed by atoms with van der Waals surface area (Å²) in [4.78, 5) is 3.98. The van der Waals surface area contributed by atoms with Gasteiger partial charge in [0.05, 0.1) is 5.69 Å². The Morgan fingerprint density at radius 2 is 2.30 bits per heavy atom. The topological polar surface area (TPSA) is 45.2 Å². The Hall–Kier alpha value is -0.610. The summed E-state index contributed by atoms with van der Waals surface area (Å²) in [5, 5.41) is 8.43. The van der Waals surface area contributed by atoms with E-state index in [1.54, 1.807) is 6.07 Å². The van der Waals surface area contributed by atoms with Crippen molar-refractivity contribution in [1.82, 2.24) is 4.98 Å². The molecule has 0 saturated heterocycles. The van der Waals surface area contributed by atoms with Crippen LogP contribution in [0.5, 0.6) is 0 Å². The van der Waals surface area contributed by atoms with Gasteiger partial charge >= 0.3 is 0 Å². The molecule has 0 bridgehead atoms. The lowest BCUT2D eigenvalue weighted by Crippen LogP contribution is -1.94. The van der Waals surface area contributed by atoms with Crippen molar-refractivity contribution in [3.05, 3.63) is 22.3 Å². The summed E-state index contributed by atoms with van der Waals surface area (Å²) in [6.07, 6.45) is 0. The molecule has 1 aromatic heterocycles. The summed E-state index contributed by atoms with van der Waals surface area (Å²) in [6, 6.07) is 3.50. The maximum absolute atomic E-state index is 8.43. The predicted molar refractivity (Wildman–Crippen MR) is 42.1 cm³/mol. The summed E-state index contributed by atoms with van der Waals surface area (Å²) >= 11 is 3.29. The smallest absolute Gasteiger partial charge is 0.149 e. The minimum absolute atomic E-state index is 0.459. The van der Waals surface area contributed by atoms with Crippen molar-refractivity contribution in [3.63, 3.8) is 0 Å². The molecule has 10 heavy (non-hydrogen) atoms. The van der Waals surface area contributed by atoms with Crippen molar-refractivity contribution in [2.24, 2.45) is 0 Å². The minimum Gasteiger partial charge on any atom is -0.290 e. The molecule has 54 valence electrons. The minimum atomic E-state index is 0.459. The maximum Gasteiger partial charge on any atom is 0.149 e. The molecule has 2 N–H and O–H groups in total. The van der Waals surface area contributed by atoms with Crippen LogP contribution in [0.2, 0.25) is 0 Å². The molecule has 0 aliphatic rings.